The van der Waals surface area contributed by atoms with Gasteiger partial charge in [0.05, 0.1) is 0 Å². The third-order valence-electron chi connectivity index (χ3n) is 3.45. The van der Waals surface area contributed by atoms with Crippen LogP contribution in [0.1, 0.15) is 17.2 Å². The molecule has 0 saturated heterocycles. The summed E-state index contributed by atoms with van der Waals surface area (Å²) in [5.74, 6) is 0. The van der Waals surface area contributed by atoms with Crippen LogP contribution in [-0.4, -0.2) is 22.1 Å². The largest absolute Gasteiger partial charge is 0.408 e. The molecule has 0 N–H and O–H groups in total. The van der Waals surface area contributed by atoms with Crippen LogP contribution >= 0.6 is 23.5 Å². The maximum absolute atomic E-state index is 13.5. The van der Waals surface area contributed by atoms with Crippen LogP contribution in [0.25, 0.3) is 0 Å². The van der Waals surface area contributed by atoms with E-state index in [-0.39, 0.29) is 11.1 Å². The summed E-state index contributed by atoms with van der Waals surface area (Å²) < 4.78 is 43.1. The summed E-state index contributed by atoms with van der Waals surface area (Å²) in [7, 11) is 2.94. The first-order chi connectivity index (χ1) is 11.1. The van der Waals surface area contributed by atoms with Crippen molar-refractivity contribution < 1.29 is 13.2 Å². The number of pyridine rings is 1. The Kier molecular flexibility index (Phi) is 5.67. The minimum absolute atomic E-state index is 0.100. The number of rotatable bonds is 4. The SMILES string of the molecule is Cc1cc(SN(C)[C@H](c2ccc(Cl)cc2)C(F)(F)F)cn(C)c1=O. The predicted molar refractivity (Wildman–Crippen MR) is 90.3 cm³/mol. The monoisotopic (exact) mass is 376 g/mol. The van der Waals surface area contributed by atoms with Gasteiger partial charge >= 0.3 is 6.18 Å². The molecule has 3 nitrogen and oxygen atoms in total. The van der Waals surface area contributed by atoms with Crippen molar-refractivity contribution in [2.45, 2.75) is 24.0 Å². The Morgan fingerprint density at radius 2 is 1.83 bits per heavy atom. The smallest absolute Gasteiger partial charge is 0.317 e. The minimum Gasteiger partial charge on any atom is -0.317 e. The van der Waals surface area contributed by atoms with Gasteiger partial charge in [-0.3, -0.25) is 4.79 Å². The van der Waals surface area contributed by atoms with E-state index in [1.54, 1.807) is 20.0 Å². The van der Waals surface area contributed by atoms with Crippen molar-refractivity contribution in [1.29, 1.82) is 0 Å². The summed E-state index contributed by atoms with van der Waals surface area (Å²) in [4.78, 5) is 12.3. The highest BCUT2D eigenvalue weighted by atomic mass is 35.5. The summed E-state index contributed by atoms with van der Waals surface area (Å²) in [6.07, 6.45) is -2.93. The van der Waals surface area contributed by atoms with Gasteiger partial charge in [0.25, 0.3) is 5.56 Å². The van der Waals surface area contributed by atoms with E-state index in [0.29, 0.717) is 15.5 Å². The van der Waals surface area contributed by atoms with Crippen molar-refractivity contribution in [2.24, 2.45) is 7.05 Å². The Balaban J connectivity index is 2.34. The van der Waals surface area contributed by atoms with E-state index in [9.17, 15) is 18.0 Å². The zero-order valence-corrected chi connectivity index (χ0v) is 14.8. The third kappa shape index (κ3) is 4.34. The molecule has 0 amide bonds. The molecule has 1 aromatic heterocycles. The average molecular weight is 377 g/mol. The molecule has 0 spiro atoms. The highest BCUT2D eigenvalue weighted by Crippen LogP contribution is 2.41. The lowest BCUT2D eigenvalue weighted by Gasteiger charge is -2.29. The summed E-state index contributed by atoms with van der Waals surface area (Å²) in [5, 5.41) is 0.378. The van der Waals surface area contributed by atoms with E-state index < -0.39 is 12.2 Å². The Labute approximate surface area is 147 Å². The second-order valence-corrected chi connectivity index (χ2v) is 7.07. The Hall–Kier alpha value is -1.44. The van der Waals surface area contributed by atoms with Gasteiger partial charge in [0.15, 0.2) is 0 Å². The van der Waals surface area contributed by atoms with E-state index in [0.717, 1.165) is 16.3 Å². The predicted octanol–water partition coefficient (Wildman–Crippen LogP) is 4.59. The summed E-state index contributed by atoms with van der Waals surface area (Å²) >= 11 is 6.69. The standard InChI is InChI=1S/C16H16ClF3N2OS/c1-10-8-13(9-21(2)15(10)23)24-22(3)14(16(18,19)20)11-4-6-12(17)7-5-11/h4-9,14H,1-3H3/t14-/m1/s1. The van der Waals surface area contributed by atoms with Gasteiger partial charge in [0, 0.05) is 28.7 Å². The number of aryl methyl sites for hydroxylation is 2. The van der Waals surface area contributed by atoms with E-state index >= 15 is 0 Å². The fraction of sp³-hybridized carbons (Fsp3) is 0.312. The lowest BCUT2D eigenvalue weighted by Crippen LogP contribution is -2.32. The van der Waals surface area contributed by atoms with Crippen LogP contribution in [0.3, 0.4) is 0 Å². The first-order valence-corrected chi connectivity index (χ1v) is 8.15. The molecule has 0 bridgehead atoms. The van der Waals surface area contributed by atoms with Gasteiger partial charge in [0.2, 0.25) is 0 Å². The van der Waals surface area contributed by atoms with Gasteiger partial charge in [-0.15, -0.1) is 0 Å². The molecule has 0 aliphatic carbocycles. The van der Waals surface area contributed by atoms with Gasteiger partial charge in [-0.2, -0.15) is 13.2 Å². The molecule has 2 rings (SSSR count). The van der Waals surface area contributed by atoms with Gasteiger partial charge < -0.3 is 4.57 Å². The van der Waals surface area contributed by atoms with Crippen molar-refractivity contribution >= 4 is 23.5 Å². The normalized spacial score (nSPS) is 13.3. The summed E-state index contributed by atoms with van der Waals surface area (Å²) in [6.45, 7) is 1.63. The topological polar surface area (TPSA) is 25.2 Å². The molecule has 24 heavy (non-hydrogen) atoms. The molecule has 0 unspecified atom stereocenters. The van der Waals surface area contributed by atoms with Gasteiger partial charge in [-0.1, -0.05) is 23.7 Å². The highest BCUT2D eigenvalue weighted by Gasteiger charge is 2.44. The number of benzene rings is 1. The molecule has 1 heterocycles. The van der Waals surface area contributed by atoms with E-state index in [1.165, 1.54) is 42.1 Å². The lowest BCUT2D eigenvalue weighted by atomic mass is 10.1. The number of halogens is 4. The quantitative estimate of drug-likeness (QED) is 0.730. The molecule has 1 atom stereocenters. The molecule has 0 aliphatic rings. The lowest BCUT2D eigenvalue weighted by molar-refractivity contribution is -0.169. The molecular formula is C16H16ClF3N2OS. The molecule has 0 radical (unpaired) electrons. The molecular weight excluding hydrogens is 361 g/mol. The third-order valence-corrected chi connectivity index (χ3v) is 4.63. The van der Waals surface area contributed by atoms with Crippen LogP contribution in [0.15, 0.2) is 46.2 Å². The van der Waals surface area contributed by atoms with Crippen molar-refractivity contribution in [2.75, 3.05) is 7.05 Å². The van der Waals surface area contributed by atoms with Crippen LogP contribution < -0.4 is 5.56 Å². The Morgan fingerprint density at radius 1 is 1.25 bits per heavy atom. The van der Waals surface area contributed by atoms with E-state index in [1.807, 2.05) is 0 Å². The van der Waals surface area contributed by atoms with Gasteiger partial charge in [0.1, 0.15) is 6.04 Å². The molecule has 130 valence electrons. The Bertz CT molecular complexity index is 748. The number of hydrogen-bond acceptors (Lipinski definition) is 3. The maximum atomic E-state index is 13.5. The zero-order chi connectivity index (χ0) is 18.1. The van der Waals surface area contributed by atoms with Crippen molar-refractivity contribution in [1.82, 2.24) is 8.87 Å². The maximum Gasteiger partial charge on any atom is 0.408 e. The van der Waals surface area contributed by atoms with Gasteiger partial charge in [-0.05, 0) is 49.7 Å². The second-order valence-electron chi connectivity index (χ2n) is 5.41. The van der Waals surface area contributed by atoms with Crippen molar-refractivity contribution in [3.05, 3.63) is 63.0 Å². The van der Waals surface area contributed by atoms with Crippen molar-refractivity contribution in [3.8, 4) is 0 Å². The minimum atomic E-state index is -4.45. The molecule has 0 fully saturated rings. The Morgan fingerprint density at radius 3 is 2.33 bits per heavy atom. The number of hydrogen-bond donors (Lipinski definition) is 0. The van der Waals surface area contributed by atoms with Crippen LogP contribution in [0.4, 0.5) is 13.2 Å². The first kappa shape index (κ1) is 18.9. The molecule has 0 saturated carbocycles. The zero-order valence-electron chi connectivity index (χ0n) is 13.3. The van der Waals surface area contributed by atoms with Crippen LogP contribution in [0.2, 0.25) is 5.02 Å². The molecule has 8 heteroatoms. The molecule has 0 aliphatic heterocycles. The first-order valence-electron chi connectivity index (χ1n) is 7.00. The fourth-order valence-electron chi connectivity index (χ4n) is 2.36. The fourth-order valence-corrected chi connectivity index (χ4v) is 3.60. The van der Waals surface area contributed by atoms with Gasteiger partial charge in [-0.25, -0.2) is 4.31 Å². The molecule has 2 aromatic rings. The van der Waals surface area contributed by atoms with Crippen LogP contribution in [-0.2, 0) is 7.05 Å². The van der Waals surface area contributed by atoms with Crippen LogP contribution in [0, 0.1) is 6.92 Å². The average Bonchev–Trinajstić information content (AvgIpc) is 2.45. The van der Waals surface area contributed by atoms with E-state index in [2.05, 4.69) is 0 Å². The summed E-state index contributed by atoms with van der Waals surface area (Å²) in [6, 6.07) is 5.39. The summed E-state index contributed by atoms with van der Waals surface area (Å²) in [5.41, 5.74) is 0.404. The van der Waals surface area contributed by atoms with Crippen LogP contribution in [0.5, 0.6) is 0 Å². The number of nitrogens with zero attached hydrogens (tertiary/aromatic N) is 2. The number of aromatic nitrogens is 1. The highest BCUT2D eigenvalue weighted by molar-refractivity contribution is 7.97. The number of alkyl halides is 3. The molecule has 1 aromatic carbocycles. The van der Waals surface area contributed by atoms with Crippen molar-refractivity contribution in [3.63, 3.8) is 0 Å². The van der Waals surface area contributed by atoms with E-state index in [4.69, 9.17) is 11.6 Å². The second kappa shape index (κ2) is 7.21.